The molecule has 0 aliphatic heterocycles. The predicted molar refractivity (Wildman–Crippen MR) is 218 cm³/mol. The maximum atomic E-state index is 9.32. The summed E-state index contributed by atoms with van der Waals surface area (Å²) in [6.45, 7) is 4.09. The molecule has 0 radical (unpaired) electrons. The molecule has 0 fully saturated rings. The molecule has 0 atom stereocenters. The number of pyridine rings is 4. The minimum absolute atomic E-state index is 0.269. The van der Waals surface area contributed by atoms with Gasteiger partial charge in [-0.05, 0) is 122 Å². The van der Waals surface area contributed by atoms with Gasteiger partial charge in [0, 0.05) is 51.5 Å². The molecular formula is C46H37BrN4O2. The smallest absolute Gasteiger partial charge is 0.128 e. The number of hydrogen-bond acceptors (Lipinski definition) is 6. The minimum atomic E-state index is 0.269. The molecule has 0 bridgehead atoms. The monoisotopic (exact) mass is 756 g/mol. The first-order valence-electron chi connectivity index (χ1n) is 17.0. The van der Waals surface area contributed by atoms with Crippen molar-refractivity contribution >= 4 is 15.9 Å². The lowest BCUT2D eigenvalue weighted by molar-refractivity contribution is 0.475. The minimum Gasteiger partial charge on any atom is -0.508 e. The molecule has 1 N–H and O–H groups in total. The van der Waals surface area contributed by atoms with Crippen molar-refractivity contribution in [2.75, 3.05) is 0 Å². The molecule has 53 heavy (non-hydrogen) atoms. The van der Waals surface area contributed by atoms with E-state index in [2.05, 4.69) is 54.9 Å². The number of ether oxygens (including phenoxy) is 1. The van der Waals surface area contributed by atoms with Crippen LogP contribution in [0.15, 0.2) is 187 Å². The molecule has 0 saturated heterocycles. The van der Waals surface area contributed by atoms with E-state index in [1.165, 1.54) is 11.1 Å². The molecule has 4 aromatic carbocycles. The molecule has 8 aromatic rings. The average Bonchev–Trinajstić information content (AvgIpc) is 3.19. The molecule has 0 aliphatic carbocycles. The fourth-order valence-corrected chi connectivity index (χ4v) is 5.74. The molecular weight excluding hydrogens is 720 g/mol. The van der Waals surface area contributed by atoms with Crippen LogP contribution in [0.5, 0.6) is 17.2 Å². The summed E-state index contributed by atoms with van der Waals surface area (Å²) in [5.41, 5.74) is 10.2. The van der Waals surface area contributed by atoms with E-state index in [1.54, 1.807) is 30.7 Å². The van der Waals surface area contributed by atoms with E-state index in [0.717, 1.165) is 61.0 Å². The molecule has 0 unspecified atom stereocenters. The van der Waals surface area contributed by atoms with Crippen molar-refractivity contribution in [3.8, 4) is 62.3 Å². The highest BCUT2D eigenvalue weighted by molar-refractivity contribution is 9.10. The molecule has 7 heteroatoms. The summed E-state index contributed by atoms with van der Waals surface area (Å²) in [5, 5.41) is 9.32. The topological polar surface area (TPSA) is 81.0 Å². The Labute approximate surface area is 318 Å². The third kappa shape index (κ3) is 10.8. The number of aromatic hydroxyl groups is 1. The second-order valence-corrected chi connectivity index (χ2v) is 13.0. The first-order valence-corrected chi connectivity index (χ1v) is 17.8. The standard InChI is InChI=1S/C23H18N2O.C12H11NO.C11H8BrN/c1-17-11-13-25-23(14-17)19-7-5-9-21(16-19)26-20-8-4-6-18(15-20)22-10-2-3-12-24-22;1-9-5-6-13-12(7-9)10-3-2-4-11(14)8-10;12-10-5-3-4-9(8-10)11-6-1-2-7-13-11/h2-16H,1H3;2-8,14H,1H3;1-8H. The van der Waals surface area contributed by atoms with Crippen molar-refractivity contribution in [2.24, 2.45) is 0 Å². The Balaban J connectivity index is 0.000000150. The van der Waals surface area contributed by atoms with E-state index < -0.39 is 0 Å². The van der Waals surface area contributed by atoms with E-state index in [-0.39, 0.29) is 5.75 Å². The zero-order valence-electron chi connectivity index (χ0n) is 29.3. The molecule has 0 amide bonds. The van der Waals surface area contributed by atoms with Gasteiger partial charge in [-0.2, -0.15) is 0 Å². The lowest BCUT2D eigenvalue weighted by Crippen LogP contribution is -1.88. The molecule has 0 aliphatic rings. The number of benzene rings is 4. The van der Waals surface area contributed by atoms with Crippen molar-refractivity contribution in [3.63, 3.8) is 0 Å². The zero-order chi connectivity index (χ0) is 36.8. The third-order valence-electron chi connectivity index (χ3n) is 7.92. The molecule has 0 saturated carbocycles. The Bertz CT molecular complexity index is 2340. The van der Waals surface area contributed by atoms with Gasteiger partial charge in [-0.15, -0.1) is 0 Å². The molecule has 260 valence electrons. The fraction of sp³-hybridized carbons (Fsp3) is 0.0435. The number of halogens is 1. The van der Waals surface area contributed by atoms with Crippen molar-refractivity contribution in [1.82, 2.24) is 19.9 Å². The highest BCUT2D eigenvalue weighted by Crippen LogP contribution is 2.29. The Kier molecular flexibility index (Phi) is 12.5. The Morgan fingerprint density at radius 3 is 1.34 bits per heavy atom. The summed E-state index contributed by atoms with van der Waals surface area (Å²) >= 11 is 3.43. The first-order chi connectivity index (χ1) is 25.9. The van der Waals surface area contributed by atoms with Gasteiger partial charge < -0.3 is 9.84 Å². The van der Waals surface area contributed by atoms with Crippen LogP contribution in [-0.4, -0.2) is 25.0 Å². The zero-order valence-corrected chi connectivity index (χ0v) is 30.9. The van der Waals surface area contributed by atoms with E-state index in [9.17, 15) is 5.11 Å². The van der Waals surface area contributed by atoms with Crippen LogP contribution in [0.2, 0.25) is 0 Å². The largest absolute Gasteiger partial charge is 0.508 e. The normalized spacial score (nSPS) is 10.2. The van der Waals surface area contributed by atoms with Gasteiger partial charge in [-0.3, -0.25) is 19.9 Å². The van der Waals surface area contributed by atoms with Gasteiger partial charge >= 0.3 is 0 Å². The number of rotatable bonds is 6. The van der Waals surface area contributed by atoms with E-state index in [0.29, 0.717) is 0 Å². The van der Waals surface area contributed by atoms with Crippen LogP contribution in [0, 0.1) is 13.8 Å². The number of hydrogen-bond donors (Lipinski definition) is 1. The van der Waals surface area contributed by atoms with E-state index >= 15 is 0 Å². The van der Waals surface area contributed by atoms with Crippen molar-refractivity contribution < 1.29 is 9.84 Å². The fourth-order valence-electron chi connectivity index (χ4n) is 5.34. The van der Waals surface area contributed by atoms with Gasteiger partial charge in [0.25, 0.3) is 0 Å². The summed E-state index contributed by atoms with van der Waals surface area (Å²) in [6.07, 6.45) is 7.20. The van der Waals surface area contributed by atoms with Gasteiger partial charge in [0.05, 0.1) is 22.8 Å². The van der Waals surface area contributed by atoms with Crippen molar-refractivity contribution in [3.05, 3.63) is 198 Å². The Hall–Kier alpha value is -6.44. The van der Waals surface area contributed by atoms with E-state index in [4.69, 9.17) is 4.74 Å². The lowest BCUT2D eigenvalue weighted by atomic mass is 10.1. The number of aromatic nitrogens is 4. The van der Waals surface area contributed by atoms with Crippen LogP contribution >= 0.6 is 15.9 Å². The molecule has 4 heterocycles. The van der Waals surface area contributed by atoms with Gasteiger partial charge in [0.1, 0.15) is 17.2 Å². The van der Waals surface area contributed by atoms with Gasteiger partial charge in [-0.1, -0.05) is 76.6 Å². The molecule has 0 spiro atoms. The number of phenols is 1. The van der Waals surface area contributed by atoms with Crippen LogP contribution in [0.3, 0.4) is 0 Å². The average molecular weight is 758 g/mol. The van der Waals surface area contributed by atoms with Crippen molar-refractivity contribution in [1.29, 1.82) is 0 Å². The number of aryl methyl sites for hydroxylation is 2. The highest BCUT2D eigenvalue weighted by atomic mass is 79.9. The summed E-state index contributed by atoms with van der Waals surface area (Å²) in [6, 6.07) is 51.0. The van der Waals surface area contributed by atoms with Crippen LogP contribution < -0.4 is 4.74 Å². The van der Waals surface area contributed by atoms with Gasteiger partial charge in [-0.25, -0.2) is 0 Å². The quantitative estimate of drug-likeness (QED) is 0.182. The van der Waals surface area contributed by atoms with Gasteiger partial charge in [0.2, 0.25) is 0 Å². The predicted octanol–water partition coefficient (Wildman–Crippen LogP) is 12.2. The number of phenolic OH excluding ortho intramolecular Hbond substituents is 1. The summed E-state index contributed by atoms with van der Waals surface area (Å²) in [7, 11) is 0. The van der Waals surface area contributed by atoms with Gasteiger partial charge in [0.15, 0.2) is 0 Å². The maximum Gasteiger partial charge on any atom is 0.128 e. The van der Waals surface area contributed by atoms with Crippen LogP contribution in [0.1, 0.15) is 11.1 Å². The SMILES string of the molecule is Brc1cccc(-c2ccccn2)c1.Cc1ccnc(-c2cccc(O)c2)c1.Cc1ccnc(-c2cccc(Oc3cccc(-c4ccccn4)c3)c2)c1. The first kappa shape index (κ1) is 36.4. The van der Waals surface area contributed by atoms with Crippen LogP contribution in [-0.2, 0) is 0 Å². The summed E-state index contributed by atoms with van der Waals surface area (Å²) in [4.78, 5) is 17.4. The number of nitrogens with zero attached hydrogens (tertiary/aromatic N) is 4. The Morgan fingerprint density at radius 2 is 0.868 bits per heavy atom. The lowest BCUT2D eigenvalue weighted by Gasteiger charge is -2.09. The molecule has 6 nitrogen and oxygen atoms in total. The summed E-state index contributed by atoms with van der Waals surface area (Å²) in [5.74, 6) is 1.83. The molecule has 4 aromatic heterocycles. The summed E-state index contributed by atoms with van der Waals surface area (Å²) < 4.78 is 7.16. The highest BCUT2D eigenvalue weighted by Gasteiger charge is 2.06. The second kappa shape index (κ2) is 18.2. The Morgan fingerprint density at radius 1 is 0.415 bits per heavy atom. The van der Waals surface area contributed by atoms with Crippen LogP contribution in [0.4, 0.5) is 0 Å². The van der Waals surface area contributed by atoms with Crippen LogP contribution in [0.25, 0.3) is 45.0 Å². The van der Waals surface area contributed by atoms with E-state index in [1.807, 2.05) is 147 Å². The third-order valence-corrected chi connectivity index (χ3v) is 8.41. The molecule has 8 rings (SSSR count). The maximum absolute atomic E-state index is 9.32. The second-order valence-electron chi connectivity index (χ2n) is 12.1. The van der Waals surface area contributed by atoms with Crippen molar-refractivity contribution in [2.45, 2.75) is 13.8 Å².